The van der Waals surface area contributed by atoms with Gasteiger partial charge in [-0.25, -0.2) is 0 Å². The van der Waals surface area contributed by atoms with Crippen molar-refractivity contribution in [2.24, 2.45) is 0 Å². The number of methoxy groups -OCH3 is 1. The first-order chi connectivity index (χ1) is 7.77. The molecule has 3 nitrogen and oxygen atoms in total. The molecule has 0 spiro atoms. The van der Waals surface area contributed by atoms with Crippen LogP contribution < -0.4 is 5.32 Å². The number of nitriles is 1. The zero-order chi connectivity index (χ0) is 11.8. The molecule has 3 heteroatoms. The topological polar surface area (TPSA) is 45.0 Å². The van der Waals surface area contributed by atoms with Crippen LogP contribution in [0.2, 0.25) is 0 Å². The van der Waals surface area contributed by atoms with Gasteiger partial charge in [-0.1, -0.05) is 0 Å². The third-order valence-electron chi connectivity index (χ3n) is 2.77. The first-order valence-corrected chi connectivity index (χ1v) is 5.81. The highest BCUT2D eigenvalue weighted by Gasteiger charge is 2.09. The zero-order valence-corrected chi connectivity index (χ0v) is 10.2. The molecule has 0 aromatic rings. The van der Waals surface area contributed by atoms with Crippen molar-refractivity contribution in [2.75, 3.05) is 20.3 Å². The Morgan fingerprint density at radius 3 is 3.06 bits per heavy atom. The summed E-state index contributed by atoms with van der Waals surface area (Å²) in [6.45, 7) is 3.62. The van der Waals surface area contributed by atoms with E-state index < -0.39 is 0 Å². The normalized spacial score (nSPS) is 18.7. The second kappa shape index (κ2) is 7.08. The van der Waals surface area contributed by atoms with Crippen molar-refractivity contribution in [2.45, 2.75) is 32.6 Å². The Kier molecular flexibility index (Phi) is 5.66. The highest BCUT2D eigenvalue weighted by Crippen LogP contribution is 2.23. The van der Waals surface area contributed by atoms with Crippen LogP contribution in [0, 0.1) is 11.3 Å². The van der Waals surface area contributed by atoms with Crippen molar-refractivity contribution in [1.82, 2.24) is 5.32 Å². The minimum Gasteiger partial charge on any atom is -0.388 e. The zero-order valence-electron chi connectivity index (χ0n) is 10.2. The molecule has 0 heterocycles. The lowest BCUT2D eigenvalue weighted by Crippen LogP contribution is -2.18. The average Bonchev–Trinajstić information content (AvgIpc) is 2.34. The largest absolute Gasteiger partial charge is 0.388 e. The van der Waals surface area contributed by atoms with Gasteiger partial charge in [0, 0.05) is 31.5 Å². The van der Waals surface area contributed by atoms with E-state index in [9.17, 15) is 0 Å². The Balaban J connectivity index is 2.48. The fraction of sp³-hybridized carbons (Fsp3) is 0.615. The lowest BCUT2D eigenvalue weighted by atomic mass is 9.96. The molecule has 16 heavy (non-hydrogen) atoms. The van der Waals surface area contributed by atoms with E-state index in [2.05, 4.69) is 17.5 Å². The van der Waals surface area contributed by atoms with E-state index in [1.54, 1.807) is 7.11 Å². The smallest absolute Gasteiger partial charge is 0.0947 e. The molecule has 0 saturated carbocycles. The third kappa shape index (κ3) is 4.08. The van der Waals surface area contributed by atoms with Crippen molar-refractivity contribution >= 4 is 0 Å². The van der Waals surface area contributed by atoms with Crippen LogP contribution in [0.15, 0.2) is 22.9 Å². The lowest BCUT2D eigenvalue weighted by Gasteiger charge is -2.17. The summed E-state index contributed by atoms with van der Waals surface area (Å²) in [5, 5.41) is 12.2. The minimum absolute atomic E-state index is 0.792. The molecule has 0 saturated heterocycles. The molecule has 0 fully saturated rings. The van der Waals surface area contributed by atoms with E-state index in [0.717, 1.165) is 44.4 Å². The monoisotopic (exact) mass is 220 g/mol. The van der Waals surface area contributed by atoms with Gasteiger partial charge in [0.05, 0.1) is 6.07 Å². The molecule has 1 aliphatic rings. The Morgan fingerprint density at radius 2 is 2.38 bits per heavy atom. The summed E-state index contributed by atoms with van der Waals surface area (Å²) in [4.78, 5) is 0. The van der Waals surface area contributed by atoms with Gasteiger partial charge in [0.2, 0.25) is 0 Å². The van der Waals surface area contributed by atoms with Crippen molar-refractivity contribution < 1.29 is 4.74 Å². The molecule has 0 radical (unpaired) electrons. The second-order valence-corrected chi connectivity index (χ2v) is 4.06. The van der Waals surface area contributed by atoms with Crippen LogP contribution in [0.4, 0.5) is 0 Å². The number of rotatable bonds is 5. The molecule has 88 valence electrons. The fourth-order valence-electron chi connectivity index (χ4n) is 1.80. The first-order valence-electron chi connectivity index (χ1n) is 5.81. The van der Waals surface area contributed by atoms with Gasteiger partial charge in [0.15, 0.2) is 0 Å². The van der Waals surface area contributed by atoms with Crippen molar-refractivity contribution in [3.63, 3.8) is 0 Å². The lowest BCUT2D eigenvalue weighted by molar-refractivity contribution is 0.195. The molecular weight excluding hydrogens is 200 g/mol. The Bertz CT molecular complexity index is 323. The number of nitrogens with one attached hydrogen (secondary N) is 1. The van der Waals surface area contributed by atoms with Gasteiger partial charge in [-0.15, -0.1) is 0 Å². The molecular formula is C13H20N2O. The Hall–Kier alpha value is -1.27. The van der Waals surface area contributed by atoms with Crippen LogP contribution in [0.1, 0.15) is 32.6 Å². The van der Waals surface area contributed by atoms with E-state index in [1.165, 1.54) is 11.3 Å². The van der Waals surface area contributed by atoms with E-state index in [-0.39, 0.29) is 0 Å². The van der Waals surface area contributed by atoms with Gasteiger partial charge in [-0.05, 0) is 44.3 Å². The predicted molar refractivity (Wildman–Crippen MR) is 64.7 cm³/mol. The Labute approximate surface area is 97.8 Å². The summed E-state index contributed by atoms with van der Waals surface area (Å²) >= 11 is 0. The summed E-state index contributed by atoms with van der Waals surface area (Å²) in [6, 6.07) is 2.22. The number of ether oxygens (including phenoxy) is 1. The van der Waals surface area contributed by atoms with Crippen molar-refractivity contribution in [3.8, 4) is 6.07 Å². The summed E-state index contributed by atoms with van der Waals surface area (Å²) in [5.74, 6) is 0. The SMILES string of the molecule is COCCCNC1=C/C(=C(\C)C#N)CCC1. The Morgan fingerprint density at radius 1 is 1.56 bits per heavy atom. The molecule has 1 N–H and O–H groups in total. The fourth-order valence-corrected chi connectivity index (χ4v) is 1.80. The maximum absolute atomic E-state index is 8.85. The van der Waals surface area contributed by atoms with Crippen LogP contribution in [-0.4, -0.2) is 20.3 Å². The molecule has 0 aliphatic heterocycles. The molecule has 0 aromatic heterocycles. The quantitative estimate of drug-likeness (QED) is 0.572. The number of allylic oxidation sites excluding steroid dienone is 4. The van der Waals surface area contributed by atoms with Crippen LogP contribution in [0.25, 0.3) is 0 Å². The summed E-state index contributed by atoms with van der Waals surface area (Å²) in [6.07, 6.45) is 6.41. The molecule has 1 aliphatic carbocycles. The summed E-state index contributed by atoms with van der Waals surface area (Å²) < 4.78 is 5.00. The van der Waals surface area contributed by atoms with E-state index in [1.807, 2.05) is 6.92 Å². The van der Waals surface area contributed by atoms with Crippen LogP contribution >= 0.6 is 0 Å². The van der Waals surface area contributed by atoms with Gasteiger partial charge in [0.1, 0.15) is 0 Å². The van der Waals surface area contributed by atoms with Crippen molar-refractivity contribution in [1.29, 1.82) is 5.26 Å². The number of hydrogen-bond acceptors (Lipinski definition) is 3. The summed E-state index contributed by atoms with van der Waals surface area (Å²) in [7, 11) is 1.72. The number of hydrogen-bond donors (Lipinski definition) is 1. The second-order valence-electron chi connectivity index (χ2n) is 4.06. The average molecular weight is 220 g/mol. The predicted octanol–water partition coefficient (Wildman–Crippen LogP) is 2.52. The van der Waals surface area contributed by atoms with Gasteiger partial charge in [-0.2, -0.15) is 5.26 Å². The first kappa shape index (κ1) is 12.8. The van der Waals surface area contributed by atoms with Gasteiger partial charge in [-0.3, -0.25) is 0 Å². The molecule has 0 amide bonds. The maximum Gasteiger partial charge on any atom is 0.0947 e. The molecule has 0 bridgehead atoms. The van der Waals surface area contributed by atoms with Crippen LogP contribution in [0.5, 0.6) is 0 Å². The van der Waals surface area contributed by atoms with Gasteiger partial charge >= 0.3 is 0 Å². The molecule has 0 atom stereocenters. The summed E-state index contributed by atoms with van der Waals surface area (Å²) in [5.41, 5.74) is 3.28. The molecule has 0 unspecified atom stereocenters. The van der Waals surface area contributed by atoms with E-state index in [4.69, 9.17) is 10.00 Å². The molecule has 1 rings (SSSR count). The highest BCUT2D eigenvalue weighted by molar-refractivity contribution is 5.36. The van der Waals surface area contributed by atoms with Gasteiger partial charge in [0.25, 0.3) is 0 Å². The highest BCUT2D eigenvalue weighted by atomic mass is 16.5. The van der Waals surface area contributed by atoms with Crippen LogP contribution in [0.3, 0.4) is 0 Å². The van der Waals surface area contributed by atoms with Gasteiger partial charge < -0.3 is 10.1 Å². The maximum atomic E-state index is 8.85. The third-order valence-corrected chi connectivity index (χ3v) is 2.77. The van der Waals surface area contributed by atoms with Crippen LogP contribution in [-0.2, 0) is 4.74 Å². The number of nitrogens with zero attached hydrogens (tertiary/aromatic N) is 1. The van der Waals surface area contributed by atoms with E-state index in [0.29, 0.717) is 0 Å². The van der Waals surface area contributed by atoms with Crippen molar-refractivity contribution in [3.05, 3.63) is 22.9 Å². The standard InChI is InChI=1S/C13H20N2O/c1-11(10-14)12-5-3-6-13(9-12)15-7-4-8-16-2/h9,15H,3-8H2,1-2H3/b12-11+. The minimum atomic E-state index is 0.792. The molecule has 0 aromatic carbocycles. The van der Waals surface area contributed by atoms with E-state index >= 15 is 0 Å².